The first-order valence-corrected chi connectivity index (χ1v) is 13.9. The summed E-state index contributed by atoms with van der Waals surface area (Å²) >= 11 is 0. The van der Waals surface area contributed by atoms with Crippen molar-refractivity contribution in [2.24, 2.45) is 0 Å². The number of aromatic nitrogens is 3. The highest BCUT2D eigenvalue weighted by atomic mass is 16.2. The van der Waals surface area contributed by atoms with Gasteiger partial charge >= 0.3 is 0 Å². The summed E-state index contributed by atoms with van der Waals surface area (Å²) in [5, 5.41) is 9.03. The molecule has 0 aromatic carbocycles. The summed E-state index contributed by atoms with van der Waals surface area (Å²) in [6.07, 6.45) is 16.0. The van der Waals surface area contributed by atoms with Gasteiger partial charge in [-0.2, -0.15) is 5.10 Å². The second-order valence-corrected chi connectivity index (χ2v) is 10.6. The second kappa shape index (κ2) is 11.5. The van der Waals surface area contributed by atoms with Gasteiger partial charge in [-0.05, 0) is 57.2 Å². The maximum absolute atomic E-state index is 13.3. The van der Waals surface area contributed by atoms with Crippen LogP contribution in [-0.4, -0.2) is 64.3 Å². The average molecular weight is 467 g/mol. The van der Waals surface area contributed by atoms with Crippen LogP contribution in [0.25, 0.3) is 11.0 Å². The summed E-state index contributed by atoms with van der Waals surface area (Å²) in [5.41, 5.74) is 1.42. The molecule has 7 heteroatoms. The number of nitrogens with one attached hydrogen (secondary N) is 1. The van der Waals surface area contributed by atoms with Crippen molar-refractivity contribution in [3.05, 3.63) is 17.8 Å². The van der Waals surface area contributed by atoms with E-state index in [1.807, 2.05) is 4.68 Å². The first-order chi connectivity index (χ1) is 16.8. The zero-order valence-corrected chi connectivity index (χ0v) is 20.8. The fraction of sp³-hybridized carbons (Fsp3) is 0.741. The predicted octanol–water partition coefficient (Wildman–Crippen LogP) is 4.75. The van der Waals surface area contributed by atoms with Crippen molar-refractivity contribution in [2.45, 2.75) is 96.1 Å². The van der Waals surface area contributed by atoms with Gasteiger partial charge in [0.2, 0.25) is 0 Å². The van der Waals surface area contributed by atoms with Crippen molar-refractivity contribution < 1.29 is 4.79 Å². The van der Waals surface area contributed by atoms with Crippen molar-refractivity contribution in [3.8, 4) is 0 Å². The molecule has 4 aliphatic rings. The molecule has 2 saturated heterocycles. The Kier molecular flexibility index (Phi) is 7.99. The normalized spacial score (nSPS) is 26.0. The number of aryl methyl sites for hydroxylation is 1. The van der Waals surface area contributed by atoms with E-state index in [2.05, 4.69) is 27.2 Å². The number of anilines is 1. The highest BCUT2D eigenvalue weighted by Gasteiger charge is 2.25. The molecule has 1 N–H and O–H groups in total. The van der Waals surface area contributed by atoms with E-state index in [9.17, 15) is 4.79 Å². The van der Waals surface area contributed by atoms with Crippen molar-refractivity contribution in [1.29, 1.82) is 0 Å². The van der Waals surface area contributed by atoms with Crippen molar-refractivity contribution in [3.63, 3.8) is 0 Å². The summed E-state index contributed by atoms with van der Waals surface area (Å²) < 4.78 is 2.01. The van der Waals surface area contributed by atoms with Crippen LogP contribution in [0.5, 0.6) is 0 Å². The minimum atomic E-state index is -0.0346. The first kappa shape index (κ1) is 23.6. The Balaban J connectivity index is 1.40. The molecule has 4 aliphatic heterocycles. The van der Waals surface area contributed by atoms with Crippen LogP contribution in [0, 0.1) is 0 Å². The van der Waals surface area contributed by atoms with E-state index in [1.54, 1.807) is 0 Å². The highest BCUT2D eigenvalue weighted by molar-refractivity contribution is 6.04. The van der Waals surface area contributed by atoms with Crippen LogP contribution in [0.3, 0.4) is 0 Å². The molecular formula is C27H42N6O. The Morgan fingerprint density at radius 2 is 1.35 bits per heavy atom. The molecule has 7 nitrogen and oxygen atoms in total. The monoisotopic (exact) mass is 466 g/mol. The Hall–Kier alpha value is -2.15. The second-order valence-electron chi connectivity index (χ2n) is 10.6. The molecule has 0 radical (unpaired) electrons. The lowest BCUT2D eigenvalue weighted by Gasteiger charge is -2.32. The molecular weight excluding hydrogens is 424 g/mol. The lowest BCUT2D eigenvalue weighted by atomic mass is 10.0. The maximum Gasteiger partial charge on any atom is 0.272 e. The number of piperidine rings is 1. The van der Waals surface area contributed by atoms with Crippen molar-refractivity contribution in [2.75, 3.05) is 37.6 Å². The van der Waals surface area contributed by atoms with Gasteiger partial charge in [-0.15, -0.1) is 0 Å². The first-order valence-electron chi connectivity index (χ1n) is 13.9. The van der Waals surface area contributed by atoms with Crippen LogP contribution in [0.1, 0.15) is 94.0 Å². The molecule has 2 fully saturated rings. The van der Waals surface area contributed by atoms with Gasteiger partial charge in [0.15, 0.2) is 11.3 Å². The number of pyridine rings is 1. The third kappa shape index (κ3) is 5.73. The van der Waals surface area contributed by atoms with Crippen LogP contribution in [0.4, 0.5) is 5.82 Å². The highest BCUT2D eigenvalue weighted by Crippen LogP contribution is 2.25. The van der Waals surface area contributed by atoms with E-state index in [0.717, 1.165) is 68.8 Å². The van der Waals surface area contributed by atoms with E-state index in [1.165, 1.54) is 70.8 Å². The number of nitrogens with zero attached hydrogens (tertiary/aromatic N) is 5. The molecule has 0 unspecified atom stereocenters. The molecule has 6 rings (SSSR count). The largest absolute Gasteiger partial charge is 0.357 e. The fourth-order valence-electron chi connectivity index (χ4n) is 5.88. The van der Waals surface area contributed by atoms with Gasteiger partial charge in [0.1, 0.15) is 5.82 Å². The summed E-state index contributed by atoms with van der Waals surface area (Å²) in [6.45, 7) is 6.35. The van der Waals surface area contributed by atoms with Crippen LogP contribution in [0.15, 0.2) is 12.1 Å². The third-order valence-electron chi connectivity index (χ3n) is 7.99. The number of amides is 1. The fourth-order valence-corrected chi connectivity index (χ4v) is 5.88. The molecule has 6 heterocycles. The minimum Gasteiger partial charge on any atom is -0.357 e. The quantitative estimate of drug-likeness (QED) is 0.657. The topological polar surface area (TPSA) is 66.3 Å². The van der Waals surface area contributed by atoms with Gasteiger partial charge in [-0.25, -0.2) is 9.67 Å². The molecule has 0 saturated carbocycles. The molecule has 186 valence electrons. The lowest BCUT2D eigenvalue weighted by molar-refractivity contribution is 0.0906. The van der Waals surface area contributed by atoms with Gasteiger partial charge in [-0.3, -0.25) is 4.79 Å². The molecule has 1 amide bonds. The van der Waals surface area contributed by atoms with Gasteiger partial charge in [-0.1, -0.05) is 44.9 Å². The van der Waals surface area contributed by atoms with Crippen molar-refractivity contribution >= 4 is 22.8 Å². The molecule has 0 spiro atoms. The molecule has 0 atom stereocenters. The van der Waals surface area contributed by atoms with E-state index < -0.39 is 0 Å². The van der Waals surface area contributed by atoms with E-state index in [4.69, 9.17) is 10.1 Å². The third-order valence-corrected chi connectivity index (χ3v) is 7.99. The number of fused-ring (bicyclic) bond motifs is 12. The zero-order valence-electron chi connectivity index (χ0n) is 20.8. The van der Waals surface area contributed by atoms with Crippen LogP contribution < -0.4 is 10.2 Å². The maximum atomic E-state index is 13.3. The number of carbonyl (C=O) groups excluding carboxylic acids is 1. The number of hydrogen-bond acceptors (Lipinski definition) is 5. The van der Waals surface area contributed by atoms with Crippen LogP contribution >= 0.6 is 0 Å². The van der Waals surface area contributed by atoms with Gasteiger partial charge in [0.25, 0.3) is 5.91 Å². The summed E-state index contributed by atoms with van der Waals surface area (Å²) in [4.78, 5) is 23.4. The molecule has 4 bridgehead atoms. The summed E-state index contributed by atoms with van der Waals surface area (Å²) in [6, 6.07) is 4.43. The van der Waals surface area contributed by atoms with Gasteiger partial charge < -0.3 is 15.1 Å². The molecule has 2 aromatic rings. The van der Waals surface area contributed by atoms with Crippen LogP contribution in [0.2, 0.25) is 0 Å². The lowest BCUT2D eigenvalue weighted by Crippen LogP contribution is -2.45. The predicted molar refractivity (Wildman–Crippen MR) is 137 cm³/mol. The van der Waals surface area contributed by atoms with Crippen molar-refractivity contribution in [1.82, 2.24) is 25.0 Å². The Morgan fingerprint density at radius 3 is 2.06 bits per heavy atom. The summed E-state index contributed by atoms with van der Waals surface area (Å²) in [5.74, 6) is 1.00. The standard InChI is InChI=1S/C27H42N6O/c34-27-25-23-12-13-24(32-17-9-6-7-10-18-32)29-26(23)33(30-25)19-11-5-3-1-2-4-8-16-31-20-14-22(28-27)15-21-31/h12-13,22H,1-11,14-21H2,(H,28,34). The Labute approximate surface area is 204 Å². The SMILES string of the molecule is O=C1NC2CCN(CCCCCCCCCn3nc1c1ccc(N4CCCCCC4)nc13)CC2. The number of rotatable bonds is 1. The summed E-state index contributed by atoms with van der Waals surface area (Å²) in [7, 11) is 0. The van der Waals surface area contributed by atoms with E-state index in [-0.39, 0.29) is 11.9 Å². The number of hydrogen-bond donors (Lipinski definition) is 1. The van der Waals surface area contributed by atoms with Gasteiger partial charge in [0.05, 0.1) is 5.39 Å². The smallest absolute Gasteiger partial charge is 0.272 e. The van der Waals surface area contributed by atoms with Crippen LogP contribution in [-0.2, 0) is 6.54 Å². The van der Waals surface area contributed by atoms with E-state index >= 15 is 0 Å². The average Bonchev–Trinajstić information content (AvgIpc) is 3.02. The molecule has 34 heavy (non-hydrogen) atoms. The Morgan fingerprint density at radius 1 is 0.735 bits per heavy atom. The minimum absolute atomic E-state index is 0.0346. The van der Waals surface area contributed by atoms with E-state index in [0.29, 0.717) is 5.69 Å². The number of carbonyl (C=O) groups is 1. The zero-order chi connectivity index (χ0) is 23.2. The van der Waals surface area contributed by atoms with Gasteiger partial charge in [0, 0.05) is 38.8 Å². The molecule has 0 aliphatic carbocycles. The molecule has 2 aromatic heterocycles. The Bertz CT molecular complexity index is 940.